The second kappa shape index (κ2) is 8.00. The average Bonchev–Trinajstić information content (AvgIpc) is 2.72. The summed E-state index contributed by atoms with van der Waals surface area (Å²) >= 11 is 12.5. The number of para-hydroxylation sites is 1. The summed E-state index contributed by atoms with van der Waals surface area (Å²) in [4.78, 5) is 27.9. The van der Waals surface area contributed by atoms with E-state index in [0.717, 1.165) is 15.7 Å². The predicted molar refractivity (Wildman–Crippen MR) is 117 cm³/mol. The molecular weight excluding hydrogens is 407 g/mol. The van der Waals surface area contributed by atoms with Crippen LogP contribution in [0.1, 0.15) is 16.7 Å². The maximum atomic E-state index is 12.8. The summed E-state index contributed by atoms with van der Waals surface area (Å²) in [6.07, 6.45) is 0. The maximum absolute atomic E-state index is 12.8. The first-order valence-electron chi connectivity index (χ1n) is 8.80. The van der Waals surface area contributed by atoms with Gasteiger partial charge in [0.1, 0.15) is 0 Å². The van der Waals surface area contributed by atoms with Crippen LogP contribution in [-0.2, 0) is 6.54 Å². The number of hydrogen-bond acceptors (Lipinski definition) is 2. The zero-order chi connectivity index (χ0) is 20.4. The molecule has 4 rings (SSSR count). The number of benzene rings is 3. The molecule has 29 heavy (non-hydrogen) atoms. The lowest BCUT2D eigenvalue weighted by atomic mass is 10.1. The number of nitrogens with zero attached hydrogens (tertiary/aromatic N) is 1. The van der Waals surface area contributed by atoms with Crippen LogP contribution in [0.15, 0.2) is 76.3 Å². The van der Waals surface area contributed by atoms with Crippen LogP contribution in [0.2, 0.25) is 10.0 Å². The van der Waals surface area contributed by atoms with Gasteiger partial charge in [-0.2, -0.15) is 0 Å². The van der Waals surface area contributed by atoms with Gasteiger partial charge >= 0.3 is 5.69 Å². The lowest BCUT2D eigenvalue weighted by Gasteiger charge is -2.09. The Morgan fingerprint density at radius 3 is 2.34 bits per heavy atom. The van der Waals surface area contributed by atoms with E-state index in [0.29, 0.717) is 26.5 Å². The molecule has 0 unspecified atom stereocenters. The van der Waals surface area contributed by atoms with Gasteiger partial charge < -0.3 is 4.98 Å². The van der Waals surface area contributed by atoms with Crippen LogP contribution in [0.3, 0.4) is 0 Å². The van der Waals surface area contributed by atoms with E-state index in [1.165, 1.54) is 0 Å². The van der Waals surface area contributed by atoms with Crippen LogP contribution < -0.4 is 11.2 Å². The van der Waals surface area contributed by atoms with Gasteiger partial charge in [0.25, 0.3) is 5.56 Å². The van der Waals surface area contributed by atoms with Crippen molar-refractivity contribution in [1.82, 2.24) is 9.55 Å². The molecule has 1 aromatic heterocycles. The van der Waals surface area contributed by atoms with Crippen molar-refractivity contribution in [3.8, 4) is 11.8 Å². The fourth-order valence-electron chi connectivity index (χ4n) is 2.97. The van der Waals surface area contributed by atoms with Gasteiger partial charge in [0.2, 0.25) is 0 Å². The van der Waals surface area contributed by atoms with Crippen LogP contribution in [0.5, 0.6) is 0 Å². The van der Waals surface area contributed by atoms with E-state index in [9.17, 15) is 9.59 Å². The normalized spacial score (nSPS) is 10.6. The average molecular weight is 421 g/mol. The van der Waals surface area contributed by atoms with Crippen LogP contribution in [0.4, 0.5) is 0 Å². The highest BCUT2D eigenvalue weighted by molar-refractivity contribution is 6.35. The second-order valence-electron chi connectivity index (χ2n) is 6.41. The van der Waals surface area contributed by atoms with Crippen LogP contribution >= 0.6 is 23.2 Å². The van der Waals surface area contributed by atoms with E-state index in [2.05, 4.69) is 16.8 Å². The van der Waals surface area contributed by atoms with Gasteiger partial charge in [0.05, 0.1) is 22.5 Å². The molecule has 0 fully saturated rings. The molecule has 0 amide bonds. The van der Waals surface area contributed by atoms with E-state index < -0.39 is 11.2 Å². The summed E-state index contributed by atoms with van der Waals surface area (Å²) in [6, 6.07) is 19.8. The van der Waals surface area contributed by atoms with Crippen LogP contribution in [-0.4, -0.2) is 9.55 Å². The molecule has 142 valence electrons. The molecule has 0 radical (unpaired) electrons. The molecule has 0 bridgehead atoms. The van der Waals surface area contributed by atoms with Crippen LogP contribution in [0, 0.1) is 11.8 Å². The highest BCUT2D eigenvalue weighted by atomic mass is 35.5. The van der Waals surface area contributed by atoms with Gasteiger partial charge in [-0.25, -0.2) is 4.79 Å². The van der Waals surface area contributed by atoms with Crippen LogP contribution in [0.25, 0.3) is 10.9 Å². The number of hydrogen-bond donors (Lipinski definition) is 1. The topological polar surface area (TPSA) is 54.9 Å². The van der Waals surface area contributed by atoms with Crippen molar-refractivity contribution < 1.29 is 0 Å². The molecule has 0 atom stereocenters. The van der Waals surface area contributed by atoms with Crippen molar-refractivity contribution in [1.29, 1.82) is 0 Å². The number of H-pyrrole nitrogens is 1. The summed E-state index contributed by atoms with van der Waals surface area (Å²) in [5, 5.41) is 1.10. The molecule has 6 heteroatoms. The Morgan fingerprint density at radius 2 is 1.59 bits per heavy atom. The van der Waals surface area contributed by atoms with Gasteiger partial charge in [0.15, 0.2) is 0 Å². The fourth-order valence-corrected chi connectivity index (χ4v) is 3.44. The Balaban J connectivity index is 1.68. The predicted octanol–water partition coefficient (Wildman–Crippen LogP) is 4.44. The Morgan fingerprint density at radius 1 is 0.828 bits per heavy atom. The summed E-state index contributed by atoms with van der Waals surface area (Å²) in [5.74, 6) is 6.13. The van der Waals surface area contributed by atoms with E-state index in [-0.39, 0.29) is 6.54 Å². The Labute approximate surface area is 176 Å². The highest BCUT2D eigenvalue weighted by Crippen LogP contribution is 2.20. The quantitative estimate of drug-likeness (QED) is 0.487. The molecule has 4 nitrogen and oxygen atoms in total. The lowest BCUT2D eigenvalue weighted by molar-refractivity contribution is 0.712. The van der Waals surface area contributed by atoms with E-state index in [4.69, 9.17) is 23.2 Å². The Hall–Kier alpha value is -3.26. The molecule has 0 saturated heterocycles. The van der Waals surface area contributed by atoms with E-state index >= 15 is 0 Å². The summed E-state index contributed by atoms with van der Waals surface area (Å²) in [5.41, 5.74) is 1.66. The molecule has 0 aliphatic rings. The minimum Gasteiger partial charge on any atom is -0.305 e. The minimum atomic E-state index is -0.542. The van der Waals surface area contributed by atoms with Crippen molar-refractivity contribution in [3.63, 3.8) is 0 Å². The Bertz CT molecular complexity index is 1390. The maximum Gasteiger partial charge on any atom is 0.329 e. The number of rotatable bonds is 2. The number of aromatic nitrogens is 2. The number of halogens is 2. The molecule has 0 saturated carbocycles. The van der Waals surface area contributed by atoms with Gasteiger partial charge in [-0.3, -0.25) is 9.36 Å². The zero-order valence-electron chi connectivity index (χ0n) is 15.1. The van der Waals surface area contributed by atoms with E-state index in [1.54, 1.807) is 30.3 Å². The first-order valence-corrected chi connectivity index (χ1v) is 9.55. The van der Waals surface area contributed by atoms with Gasteiger partial charge in [-0.1, -0.05) is 65.4 Å². The third-order valence-corrected chi connectivity index (χ3v) is 5.14. The number of aromatic amines is 1. The molecule has 0 spiro atoms. The third kappa shape index (κ3) is 3.97. The third-order valence-electron chi connectivity index (χ3n) is 4.47. The van der Waals surface area contributed by atoms with Gasteiger partial charge in [-0.05, 0) is 42.0 Å². The summed E-state index contributed by atoms with van der Waals surface area (Å²) in [7, 11) is 0. The second-order valence-corrected chi connectivity index (χ2v) is 7.22. The zero-order valence-corrected chi connectivity index (χ0v) is 16.6. The van der Waals surface area contributed by atoms with E-state index in [1.807, 2.05) is 36.4 Å². The molecule has 4 aromatic rings. The molecule has 1 N–H and O–H groups in total. The Kier molecular flexibility index (Phi) is 5.26. The standard InChI is InChI=1S/C23H14Cl2N2O2/c24-19-8-4-7-18-21(19)26-23(29)27(22(18)28)14-17-12-11-16(13-20(17)25)10-9-15-5-2-1-3-6-15/h1-8,11-13H,14H2,(H,26,29). The summed E-state index contributed by atoms with van der Waals surface area (Å²) in [6.45, 7) is 0.0435. The van der Waals surface area contributed by atoms with Crippen molar-refractivity contribution >= 4 is 34.1 Å². The smallest absolute Gasteiger partial charge is 0.305 e. The molecular formula is C23H14Cl2N2O2. The number of fused-ring (bicyclic) bond motifs is 1. The molecule has 1 heterocycles. The van der Waals surface area contributed by atoms with Gasteiger partial charge in [-0.15, -0.1) is 0 Å². The van der Waals surface area contributed by atoms with Crippen molar-refractivity contribution in [2.75, 3.05) is 0 Å². The monoisotopic (exact) mass is 420 g/mol. The molecule has 3 aromatic carbocycles. The minimum absolute atomic E-state index is 0.0435. The lowest BCUT2D eigenvalue weighted by Crippen LogP contribution is -2.35. The van der Waals surface area contributed by atoms with Crippen molar-refractivity contribution in [2.24, 2.45) is 0 Å². The highest BCUT2D eigenvalue weighted by Gasteiger charge is 2.11. The summed E-state index contributed by atoms with van der Waals surface area (Å²) < 4.78 is 1.11. The first kappa shape index (κ1) is 19.1. The number of nitrogens with one attached hydrogen (secondary N) is 1. The molecule has 0 aliphatic heterocycles. The largest absolute Gasteiger partial charge is 0.329 e. The SMILES string of the molecule is O=c1[nH]c2c(Cl)cccc2c(=O)n1Cc1ccc(C#Cc2ccccc2)cc1Cl. The van der Waals surface area contributed by atoms with Gasteiger partial charge in [0, 0.05) is 16.1 Å². The molecule has 0 aliphatic carbocycles. The fraction of sp³-hybridized carbons (Fsp3) is 0.0435. The first-order chi connectivity index (χ1) is 14.0. The van der Waals surface area contributed by atoms with Crippen molar-refractivity contribution in [3.05, 3.63) is 114 Å². The van der Waals surface area contributed by atoms with Crippen molar-refractivity contribution in [2.45, 2.75) is 6.54 Å².